The van der Waals surface area contributed by atoms with Crippen LogP contribution < -0.4 is 4.74 Å². The standard InChI is InChI=1S/C14H20N2OS/c1-11-8-13(2-5-15-11)17-14-9-16(10-14)12-3-6-18-7-4-12/h2,5,8,12,14H,3-4,6-7,9-10H2,1H3. The minimum Gasteiger partial charge on any atom is -0.488 e. The first-order chi connectivity index (χ1) is 8.81. The molecule has 1 aromatic heterocycles. The highest BCUT2D eigenvalue weighted by Crippen LogP contribution is 2.27. The summed E-state index contributed by atoms with van der Waals surface area (Å²) in [4.78, 5) is 6.77. The summed E-state index contributed by atoms with van der Waals surface area (Å²) in [5, 5.41) is 0. The Morgan fingerprint density at radius 1 is 1.33 bits per heavy atom. The van der Waals surface area contributed by atoms with Crippen LogP contribution in [0.25, 0.3) is 0 Å². The smallest absolute Gasteiger partial charge is 0.124 e. The van der Waals surface area contributed by atoms with E-state index in [9.17, 15) is 0 Å². The van der Waals surface area contributed by atoms with Gasteiger partial charge in [0.1, 0.15) is 11.9 Å². The molecule has 1 aromatic rings. The molecule has 0 saturated carbocycles. The van der Waals surface area contributed by atoms with E-state index in [0.717, 1.165) is 30.6 Å². The molecule has 0 amide bonds. The molecule has 3 nitrogen and oxygen atoms in total. The van der Waals surface area contributed by atoms with E-state index in [1.54, 1.807) is 0 Å². The van der Waals surface area contributed by atoms with Crippen LogP contribution in [-0.4, -0.2) is 46.6 Å². The molecule has 4 heteroatoms. The minimum absolute atomic E-state index is 0.376. The molecule has 2 saturated heterocycles. The quantitative estimate of drug-likeness (QED) is 0.837. The average Bonchev–Trinajstić information content (AvgIpc) is 2.34. The summed E-state index contributed by atoms with van der Waals surface area (Å²) in [7, 11) is 0. The molecule has 0 radical (unpaired) electrons. The monoisotopic (exact) mass is 264 g/mol. The Morgan fingerprint density at radius 3 is 2.83 bits per heavy atom. The highest BCUT2D eigenvalue weighted by molar-refractivity contribution is 7.99. The van der Waals surface area contributed by atoms with Gasteiger partial charge in [0.25, 0.3) is 0 Å². The lowest BCUT2D eigenvalue weighted by molar-refractivity contribution is -0.0113. The Morgan fingerprint density at radius 2 is 2.11 bits per heavy atom. The van der Waals surface area contributed by atoms with Crippen molar-refractivity contribution in [3.8, 4) is 5.75 Å². The van der Waals surface area contributed by atoms with Gasteiger partial charge in [-0.05, 0) is 37.3 Å². The molecule has 0 atom stereocenters. The number of pyridine rings is 1. The second kappa shape index (κ2) is 5.49. The molecular weight excluding hydrogens is 244 g/mol. The number of likely N-dealkylation sites (tertiary alicyclic amines) is 1. The number of aryl methyl sites for hydroxylation is 1. The zero-order valence-electron chi connectivity index (χ0n) is 10.8. The Labute approximate surface area is 113 Å². The normalized spacial score (nSPS) is 22.7. The van der Waals surface area contributed by atoms with Crippen LogP contribution in [0.2, 0.25) is 0 Å². The topological polar surface area (TPSA) is 25.4 Å². The zero-order valence-corrected chi connectivity index (χ0v) is 11.7. The molecule has 2 fully saturated rings. The van der Waals surface area contributed by atoms with Crippen molar-refractivity contribution in [3.63, 3.8) is 0 Å². The van der Waals surface area contributed by atoms with Gasteiger partial charge in [-0.3, -0.25) is 9.88 Å². The number of hydrogen-bond acceptors (Lipinski definition) is 4. The maximum atomic E-state index is 5.97. The molecule has 0 bridgehead atoms. The second-order valence-corrected chi connectivity index (χ2v) is 6.39. The van der Waals surface area contributed by atoms with Gasteiger partial charge in [-0.25, -0.2) is 0 Å². The summed E-state index contributed by atoms with van der Waals surface area (Å²) in [5.74, 6) is 3.62. The molecule has 2 aliphatic heterocycles. The van der Waals surface area contributed by atoms with E-state index in [-0.39, 0.29) is 0 Å². The number of ether oxygens (including phenoxy) is 1. The highest BCUT2D eigenvalue weighted by atomic mass is 32.2. The highest BCUT2D eigenvalue weighted by Gasteiger charge is 2.34. The predicted molar refractivity (Wildman–Crippen MR) is 75.3 cm³/mol. The Hall–Kier alpha value is -0.740. The van der Waals surface area contributed by atoms with Crippen LogP contribution in [-0.2, 0) is 0 Å². The summed E-state index contributed by atoms with van der Waals surface area (Å²) < 4.78 is 5.97. The van der Waals surface area contributed by atoms with Crippen molar-refractivity contribution in [1.29, 1.82) is 0 Å². The molecule has 18 heavy (non-hydrogen) atoms. The molecule has 0 spiro atoms. The number of rotatable bonds is 3. The Balaban J connectivity index is 1.47. The van der Waals surface area contributed by atoms with Gasteiger partial charge in [0.05, 0.1) is 0 Å². The van der Waals surface area contributed by atoms with Crippen LogP contribution in [0.1, 0.15) is 18.5 Å². The fourth-order valence-electron chi connectivity index (χ4n) is 2.68. The van der Waals surface area contributed by atoms with Crippen molar-refractivity contribution in [2.24, 2.45) is 0 Å². The molecular formula is C14H20N2OS. The fraction of sp³-hybridized carbons (Fsp3) is 0.643. The number of thioether (sulfide) groups is 1. The largest absolute Gasteiger partial charge is 0.488 e. The molecule has 0 unspecified atom stereocenters. The zero-order chi connectivity index (χ0) is 12.4. The van der Waals surface area contributed by atoms with Gasteiger partial charge in [-0.2, -0.15) is 11.8 Å². The molecule has 0 aliphatic carbocycles. The van der Waals surface area contributed by atoms with Gasteiger partial charge in [0.15, 0.2) is 0 Å². The van der Waals surface area contributed by atoms with Gasteiger partial charge in [-0.1, -0.05) is 0 Å². The summed E-state index contributed by atoms with van der Waals surface area (Å²) in [6, 6.07) is 4.78. The number of aromatic nitrogens is 1. The van der Waals surface area contributed by atoms with Crippen molar-refractivity contribution >= 4 is 11.8 Å². The Bertz CT molecular complexity index is 401. The van der Waals surface area contributed by atoms with Crippen LogP contribution in [0.5, 0.6) is 5.75 Å². The molecule has 98 valence electrons. The first kappa shape index (κ1) is 12.3. The molecule has 0 N–H and O–H groups in total. The van der Waals surface area contributed by atoms with E-state index >= 15 is 0 Å². The summed E-state index contributed by atoms with van der Waals surface area (Å²) >= 11 is 2.09. The fourth-order valence-corrected chi connectivity index (χ4v) is 3.76. The van der Waals surface area contributed by atoms with Crippen LogP contribution in [0.15, 0.2) is 18.3 Å². The van der Waals surface area contributed by atoms with Crippen molar-refractivity contribution in [2.75, 3.05) is 24.6 Å². The van der Waals surface area contributed by atoms with Gasteiger partial charge in [0, 0.05) is 37.1 Å². The van der Waals surface area contributed by atoms with E-state index in [0.29, 0.717) is 6.10 Å². The van der Waals surface area contributed by atoms with Crippen molar-refractivity contribution in [2.45, 2.75) is 31.9 Å². The van der Waals surface area contributed by atoms with Gasteiger partial charge >= 0.3 is 0 Å². The first-order valence-corrected chi connectivity index (χ1v) is 7.88. The predicted octanol–water partition coefficient (Wildman–Crippen LogP) is 2.35. The maximum Gasteiger partial charge on any atom is 0.124 e. The molecule has 0 aromatic carbocycles. The van der Waals surface area contributed by atoms with E-state index in [4.69, 9.17) is 4.74 Å². The third-order valence-corrected chi connectivity index (χ3v) is 4.80. The van der Waals surface area contributed by atoms with Crippen LogP contribution >= 0.6 is 11.8 Å². The first-order valence-electron chi connectivity index (χ1n) is 6.72. The van der Waals surface area contributed by atoms with Crippen molar-refractivity contribution in [1.82, 2.24) is 9.88 Å². The van der Waals surface area contributed by atoms with E-state index < -0.39 is 0 Å². The van der Waals surface area contributed by atoms with E-state index in [2.05, 4.69) is 21.6 Å². The third kappa shape index (κ3) is 2.81. The van der Waals surface area contributed by atoms with Gasteiger partial charge in [0.2, 0.25) is 0 Å². The summed E-state index contributed by atoms with van der Waals surface area (Å²) in [6.45, 7) is 4.19. The lowest BCUT2D eigenvalue weighted by atomic mass is 10.0. The van der Waals surface area contributed by atoms with Crippen molar-refractivity contribution in [3.05, 3.63) is 24.0 Å². The Kier molecular flexibility index (Phi) is 3.75. The van der Waals surface area contributed by atoms with Crippen LogP contribution in [0, 0.1) is 6.92 Å². The summed E-state index contributed by atoms with van der Waals surface area (Å²) in [5.41, 5.74) is 1.02. The lowest BCUT2D eigenvalue weighted by Crippen LogP contribution is -2.58. The summed E-state index contributed by atoms with van der Waals surface area (Å²) in [6.07, 6.45) is 4.90. The molecule has 3 rings (SSSR count). The maximum absolute atomic E-state index is 5.97. The molecule has 2 aliphatic rings. The van der Waals surface area contributed by atoms with E-state index in [1.807, 2.05) is 25.3 Å². The van der Waals surface area contributed by atoms with Crippen LogP contribution in [0.3, 0.4) is 0 Å². The number of hydrogen-bond donors (Lipinski definition) is 0. The van der Waals surface area contributed by atoms with Gasteiger partial charge < -0.3 is 4.74 Å². The average molecular weight is 264 g/mol. The van der Waals surface area contributed by atoms with E-state index in [1.165, 1.54) is 24.3 Å². The second-order valence-electron chi connectivity index (χ2n) is 5.17. The molecule has 3 heterocycles. The number of nitrogens with zero attached hydrogens (tertiary/aromatic N) is 2. The van der Waals surface area contributed by atoms with Crippen LogP contribution in [0.4, 0.5) is 0 Å². The lowest BCUT2D eigenvalue weighted by Gasteiger charge is -2.45. The van der Waals surface area contributed by atoms with Gasteiger partial charge in [-0.15, -0.1) is 0 Å². The SMILES string of the molecule is Cc1cc(OC2CN(C3CCSCC3)C2)ccn1. The third-order valence-electron chi connectivity index (χ3n) is 3.75. The minimum atomic E-state index is 0.376. The van der Waals surface area contributed by atoms with Crippen molar-refractivity contribution < 1.29 is 4.74 Å².